The summed E-state index contributed by atoms with van der Waals surface area (Å²) < 4.78 is 26.0. The summed E-state index contributed by atoms with van der Waals surface area (Å²) in [6, 6.07) is 12.3. The quantitative estimate of drug-likeness (QED) is 0.792. The molecule has 0 bridgehead atoms. The van der Waals surface area contributed by atoms with Crippen LogP contribution in [0.25, 0.3) is 0 Å². The van der Waals surface area contributed by atoms with Crippen LogP contribution < -0.4 is 5.73 Å². The summed E-state index contributed by atoms with van der Waals surface area (Å²) in [5.74, 6) is -0.0685. The van der Waals surface area contributed by atoms with Crippen LogP contribution >= 0.6 is 31.9 Å². The predicted octanol–water partition coefficient (Wildman–Crippen LogP) is 3.77. The second-order valence-corrected chi connectivity index (χ2v) is 7.77. The molecule has 0 fully saturated rings. The van der Waals surface area contributed by atoms with Crippen molar-refractivity contribution in [3.8, 4) is 0 Å². The number of nitrogen functional groups attached to an aromatic ring is 1. The molecule has 2 N–H and O–H groups in total. The van der Waals surface area contributed by atoms with Crippen molar-refractivity contribution in [1.29, 1.82) is 0 Å². The van der Waals surface area contributed by atoms with Crippen LogP contribution in [0.2, 0.25) is 0 Å². The van der Waals surface area contributed by atoms with E-state index in [1.807, 2.05) is 18.2 Å². The minimum Gasteiger partial charge on any atom is -0.397 e. The standard InChI is InChI=1S/C13H11Br2NO2S/c14-10-6-11(15)13(16)12(7-10)19(17,18)8-9-4-2-1-3-5-9/h1-7H,8,16H2. The molecule has 2 aromatic rings. The lowest BCUT2D eigenvalue weighted by atomic mass is 10.2. The normalized spacial score (nSPS) is 11.5. The molecule has 0 atom stereocenters. The summed E-state index contributed by atoms with van der Waals surface area (Å²) >= 11 is 6.53. The third-order valence-corrected chi connectivity index (χ3v) is 5.43. The zero-order valence-electron chi connectivity index (χ0n) is 9.81. The molecule has 6 heteroatoms. The fourth-order valence-electron chi connectivity index (χ4n) is 1.69. The first-order valence-electron chi connectivity index (χ1n) is 5.41. The molecule has 0 unspecified atom stereocenters. The van der Waals surface area contributed by atoms with Crippen molar-refractivity contribution in [2.24, 2.45) is 0 Å². The van der Waals surface area contributed by atoms with Gasteiger partial charge in [0.05, 0.1) is 16.3 Å². The molecule has 19 heavy (non-hydrogen) atoms. The highest BCUT2D eigenvalue weighted by atomic mass is 79.9. The Morgan fingerprint density at radius 1 is 1.05 bits per heavy atom. The van der Waals surface area contributed by atoms with E-state index in [0.29, 0.717) is 8.95 Å². The lowest BCUT2D eigenvalue weighted by Gasteiger charge is -2.10. The van der Waals surface area contributed by atoms with Crippen molar-refractivity contribution in [2.45, 2.75) is 10.6 Å². The summed E-state index contributed by atoms with van der Waals surface area (Å²) in [6.45, 7) is 0. The first-order valence-corrected chi connectivity index (χ1v) is 8.65. The minimum absolute atomic E-state index is 0.0685. The third kappa shape index (κ3) is 3.38. The van der Waals surface area contributed by atoms with Gasteiger partial charge in [-0.1, -0.05) is 46.3 Å². The Morgan fingerprint density at radius 3 is 2.32 bits per heavy atom. The Bertz CT molecular complexity index is 700. The van der Waals surface area contributed by atoms with E-state index >= 15 is 0 Å². The molecule has 2 rings (SSSR count). The van der Waals surface area contributed by atoms with Gasteiger partial charge in [0.2, 0.25) is 0 Å². The Hall–Kier alpha value is -0.850. The average molecular weight is 405 g/mol. The van der Waals surface area contributed by atoms with Crippen molar-refractivity contribution in [3.63, 3.8) is 0 Å². The molecule has 0 saturated heterocycles. The Balaban J connectivity index is 2.46. The van der Waals surface area contributed by atoms with E-state index < -0.39 is 9.84 Å². The van der Waals surface area contributed by atoms with E-state index in [1.54, 1.807) is 18.2 Å². The van der Waals surface area contributed by atoms with Crippen LogP contribution in [0, 0.1) is 0 Å². The van der Waals surface area contributed by atoms with E-state index in [0.717, 1.165) is 5.56 Å². The van der Waals surface area contributed by atoms with Crippen LogP contribution in [0.5, 0.6) is 0 Å². The van der Waals surface area contributed by atoms with E-state index in [-0.39, 0.29) is 16.3 Å². The van der Waals surface area contributed by atoms with Gasteiger partial charge in [0.15, 0.2) is 9.84 Å². The predicted molar refractivity (Wildman–Crippen MR) is 83.6 cm³/mol. The van der Waals surface area contributed by atoms with Gasteiger partial charge >= 0.3 is 0 Å². The monoisotopic (exact) mass is 403 g/mol. The number of benzene rings is 2. The molecule has 0 aliphatic carbocycles. The van der Waals surface area contributed by atoms with E-state index in [2.05, 4.69) is 31.9 Å². The molecule has 0 amide bonds. The molecular formula is C13H11Br2NO2S. The van der Waals surface area contributed by atoms with Crippen molar-refractivity contribution < 1.29 is 8.42 Å². The van der Waals surface area contributed by atoms with Crippen molar-refractivity contribution in [1.82, 2.24) is 0 Å². The maximum atomic E-state index is 12.4. The molecule has 0 heterocycles. The average Bonchev–Trinajstić information content (AvgIpc) is 2.34. The van der Waals surface area contributed by atoms with Gasteiger partial charge in [-0.3, -0.25) is 0 Å². The van der Waals surface area contributed by atoms with Crippen LogP contribution in [-0.4, -0.2) is 8.42 Å². The van der Waals surface area contributed by atoms with Gasteiger partial charge < -0.3 is 5.73 Å². The molecule has 2 aromatic carbocycles. The van der Waals surface area contributed by atoms with Gasteiger partial charge in [-0.05, 0) is 33.6 Å². The molecular weight excluding hydrogens is 394 g/mol. The number of hydrogen-bond acceptors (Lipinski definition) is 3. The molecule has 0 spiro atoms. The van der Waals surface area contributed by atoms with Gasteiger partial charge in [-0.15, -0.1) is 0 Å². The highest BCUT2D eigenvalue weighted by Crippen LogP contribution is 2.32. The van der Waals surface area contributed by atoms with Crippen LogP contribution in [0.15, 0.2) is 56.3 Å². The van der Waals surface area contributed by atoms with Crippen molar-refractivity contribution >= 4 is 47.4 Å². The van der Waals surface area contributed by atoms with Crippen LogP contribution in [-0.2, 0) is 15.6 Å². The molecule has 0 aliphatic heterocycles. The number of rotatable bonds is 3. The number of anilines is 1. The second kappa shape index (κ2) is 5.64. The summed E-state index contributed by atoms with van der Waals surface area (Å²) in [5, 5.41) is 0. The molecule has 0 radical (unpaired) electrons. The Kier molecular flexibility index (Phi) is 4.32. The van der Waals surface area contributed by atoms with Gasteiger partial charge in [0, 0.05) is 8.95 Å². The second-order valence-electron chi connectivity index (χ2n) is 4.04. The van der Waals surface area contributed by atoms with Crippen LogP contribution in [0.4, 0.5) is 5.69 Å². The summed E-state index contributed by atoms with van der Waals surface area (Å²) in [6.07, 6.45) is 0. The smallest absolute Gasteiger partial charge is 0.184 e. The Labute approximate surface area is 129 Å². The lowest BCUT2D eigenvalue weighted by molar-refractivity contribution is 0.595. The number of halogens is 2. The van der Waals surface area contributed by atoms with E-state index in [4.69, 9.17) is 5.73 Å². The van der Waals surface area contributed by atoms with Gasteiger partial charge in [-0.25, -0.2) is 8.42 Å². The first-order chi connectivity index (χ1) is 8.90. The molecule has 0 saturated carbocycles. The third-order valence-electron chi connectivity index (χ3n) is 2.59. The summed E-state index contributed by atoms with van der Waals surface area (Å²) in [7, 11) is -3.47. The SMILES string of the molecule is Nc1c(Br)cc(Br)cc1S(=O)(=O)Cc1ccccc1. The molecule has 100 valence electrons. The van der Waals surface area contributed by atoms with E-state index in [9.17, 15) is 8.42 Å². The highest BCUT2D eigenvalue weighted by molar-refractivity contribution is 9.11. The number of sulfone groups is 1. The summed E-state index contributed by atoms with van der Waals surface area (Å²) in [4.78, 5) is 0.137. The zero-order valence-corrected chi connectivity index (χ0v) is 13.8. The molecule has 3 nitrogen and oxygen atoms in total. The number of hydrogen-bond donors (Lipinski definition) is 1. The molecule has 0 aromatic heterocycles. The summed E-state index contributed by atoms with van der Waals surface area (Å²) in [5.41, 5.74) is 6.81. The topological polar surface area (TPSA) is 60.2 Å². The lowest BCUT2D eigenvalue weighted by Crippen LogP contribution is -2.08. The first kappa shape index (κ1) is 14.6. The van der Waals surface area contributed by atoms with Crippen molar-refractivity contribution in [3.05, 3.63) is 57.0 Å². The van der Waals surface area contributed by atoms with Gasteiger partial charge in [0.25, 0.3) is 0 Å². The van der Waals surface area contributed by atoms with Crippen molar-refractivity contribution in [2.75, 3.05) is 5.73 Å². The number of nitrogens with two attached hydrogens (primary N) is 1. The molecule has 0 aliphatic rings. The largest absolute Gasteiger partial charge is 0.397 e. The fourth-order valence-corrected chi connectivity index (χ4v) is 4.74. The maximum Gasteiger partial charge on any atom is 0.184 e. The van der Waals surface area contributed by atoms with Gasteiger partial charge in [0.1, 0.15) is 0 Å². The van der Waals surface area contributed by atoms with Crippen LogP contribution in [0.1, 0.15) is 5.56 Å². The minimum atomic E-state index is -3.47. The van der Waals surface area contributed by atoms with Gasteiger partial charge in [-0.2, -0.15) is 0 Å². The van der Waals surface area contributed by atoms with Crippen LogP contribution in [0.3, 0.4) is 0 Å². The zero-order chi connectivity index (χ0) is 14.0. The fraction of sp³-hybridized carbons (Fsp3) is 0.0769. The van der Waals surface area contributed by atoms with E-state index in [1.165, 1.54) is 6.07 Å². The maximum absolute atomic E-state index is 12.4. The highest BCUT2D eigenvalue weighted by Gasteiger charge is 2.20. The Morgan fingerprint density at radius 2 is 1.68 bits per heavy atom.